The number of nitrogens with one attached hydrogen (secondary N) is 2. The third-order valence-corrected chi connectivity index (χ3v) is 6.55. The third-order valence-electron chi connectivity index (χ3n) is 4.74. The van der Waals surface area contributed by atoms with Crippen LogP contribution >= 0.6 is 12.4 Å². The monoisotopic (exact) mass is 418 g/mol. The lowest BCUT2D eigenvalue weighted by atomic mass is 10.1. The van der Waals surface area contributed by atoms with E-state index in [0.29, 0.717) is 31.9 Å². The molecule has 2 aliphatic rings. The molecule has 1 atom stereocenters. The van der Waals surface area contributed by atoms with Gasteiger partial charge >= 0.3 is 0 Å². The molecule has 0 bridgehead atoms. The first-order valence-corrected chi connectivity index (χ1v) is 10.2. The summed E-state index contributed by atoms with van der Waals surface area (Å²) in [6.45, 7) is 4.12. The van der Waals surface area contributed by atoms with Crippen LogP contribution < -0.4 is 15.5 Å². The van der Waals surface area contributed by atoms with Crippen LogP contribution in [0.2, 0.25) is 0 Å². The fraction of sp³-hybridized carbons (Fsp3) is 0.588. The molecule has 10 heteroatoms. The fourth-order valence-corrected chi connectivity index (χ4v) is 4.12. The van der Waals surface area contributed by atoms with Gasteiger partial charge in [0, 0.05) is 45.5 Å². The summed E-state index contributed by atoms with van der Waals surface area (Å²) >= 11 is 0. The van der Waals surface area contributed by atoms with Crippen molar-refractivity contribution in [3.63, 3.8) is 0 Å². The lowest BCUT2D eigenvalue weighted by Crippen LogP contribution is -2.40. The highest BCUT2D eigenvalue weighted by atomic mass is 35.5. The predicted molar refractivity (Wildman–Crippen MR) is 106 cm³/mol. The van der Waals surface area contributed by atoms with Crippen molar-refractivity contribution in [2.24, 2.45) is 0 Å². The minimum atomic E-state index is -3.61. The molecular formula is C17H27ClN4O4S. The van der Waals surface area contributed by atoms with E-state index in [4.69, 9.17) is 4.74 Å². The van der Waals surface area contributed by atoms with E-state index in [2.05, 4.69) is 15.5 Å². The van der Waals surface area contributed by atoms with E-state index in [1.807, 2.05) is 0 Å². The maximum atomic E-state index is 12.9. The Morgan fingerprint density at radius 3 is 2.59 bits per heavy atom. The van der Waals surface area contributed by atoms with Crippen molar-refractivity contribution in [2.45, 2.75) is 17.4 Å². The molecule has 1 amide bonds. The molecule has 0 spiro atoms. The van der Waals surface area contributed by atoms with Crippen molar-refractivity contribution in [3.8, 4) is 0 Å². The van der Waals surface area contributed by atoms with E-state index >= 15 is 0 Å². The van der Waals surface area contributed by atoms with E-state index in [1.165, 1.54) is 20.2 Å². The zero-order valence-electron chi connectivity index (χ0n) is 15.6. The van der Waals surface area contributed by atoms with Crippen LogP contribution in [0.25, 0.3) is 0 Å². The number of ether oxygens (including phenoxy) is 1. The van der Waals surface area contributed by atoms with Gasteiger partial charge in [-0.3, -0.25) is 4.79 Å². The molecule has 27 heavy (non-hydrogen) atoms. The normalized spacial score (nSPS) is 20.4. The largest absolute Gasteiger partial charge is 0.378 e. The summed E-state index contributed by atoms with van der Waals surface area (Å²) < 4.78 is 31.5. The molecule has 152 valence electrons. The minimum absolute atomic E-state index is 0. The molecule has 0 saturated carbocycles. The van der Waals surface area contributed by atoms with Crippen molar-refractivity contribution in [1.29, 1.82) is 0 Å². The standard InChI is InChI=1S/C17H26N4O4S.ClH/c1-20(2)26(23,24)14-3-4-16(21-7-9-25-10-8-21)15(11-14)17(22)19-13-5-6-18-12-13;/h3-4,11,13,18H,5-10,12H2,1-2H3,(H,19,22);1H. The van der Waals surface area contributed by atoms with Crippen LogP contribution in [-0.4, -0.2) is 78.2 Å². The SMILES string of the molecule is CN(C)S(=O)(=O)c1ccc(N2CCOCC2)c(C(=O)NC2CCNC2)c1.Cl. The number of hydrogen-bond acceptors (Lipinski definition) is 6. The van der Waals surface area contributed by atoms with Crippen molar-refractivity contribution >= 4 is 34.0 Å². The number of rotatable bonds is 5. The second-order valence-electron chi connectivity index (χ2n) is 6.73. The molecule has 2 heterocycles. The molecule has 0 aromatic heterocycles. The molecule has 0 radical (unpaired) electrons. The lowest BCUT2D eigenvalue weighted by Gasteiger charge is -2.31. The smallest absolute Gasteiger partial charge is 0.253 e. The first-order chi connectivity index (χ1) is 12.4. The Balaban J connectivity index is 0.00000261. The molecular weight excluding hydrogens is 392 g/mol. The van der Waals surface area contributed by atoms with Gasteiger partial charge in [0.05, 0.1) is 23.7 Å². The van der Waals surface area contributed by atoms with Crippen molar-refractivity contribution < 1.29 is 17.9 Å². The molecule has 2 N–H and O–H groups in total. The summed E-state index contributed by atoms with van der Waals surface area (Å²) in [5.74, 6) is -0.240. The Hall–Kier alpha value is -1.39. The number of benzene rings is 1. The molecule has 1 aromatic rings. The minimum Gasteiger partial charge on any atom is -0.378 e. The van der Waals surface area contributed by atoms with E-state index < -0.39 is 10.0 Å². The highest BCUT2D eigenvalue weighted by Gasteiger charge is 2.26. The van der Waals surface area contributed by atoms with Crippen LogP contribution in [0.3, 0.4) is 0 Å². The van der Waals surface area contributed by atoms with Gasteiger partial charge in [0.1, 0.15) is 0 Å². The van der Waals surface area contributed by atoms with E-state index in [1.54, 1.807) is 12.1 Å². The Kier molecular flexibility index (Phi) is 7.47. The third kappa shape index (κ3) is 4.91. The summed E-state index contributed by atoms with van der Waals surface area (Å²) in [7, 11) is -0.647. The number of carbonyl (C=O) groups is 1. The van der Waals surface area contributed by atoms with Gasteiger partial charge in [-0.1, -0.05) is 0 Å². The quantitative estimate of drug-likeness (QED) is 0.714. The van der Waals surface area contributed by atoms with Gasteiger partial charge in [-0.25, -0.2) is 12.7 Å². The molecule has 8 nitrogen and oxygen atoms in total. The molecule has 0 aliphatic carbocycles. The predicted octanol–water partition coefficient (Wildman–Crippen LogP) is 0.287. The van der Waals surface area contributed by atoms with Crippen molar-refractivity contribution in [3.05, 3.63) is 23.8 Å². The summed E-state index contributed by atoms with van der Waals surface area (Å²) in [4.78, 5) is 15.1. The first-order valence-electron chi connectivity index (χ1n) is 8.80. The van der Waals surface area contributed by atoms with Gasteiger partial charge in [0.15, 0.2) is 0 Å². The van der Waals surface area contributed by atoms with Gasteiger partial charge in [-0.15, -0.1) is 12.4 Å². The summed E-state index contributed by atoms with van der Waals surface area (Å²) in [6.07, 6.45) is 0.869. The molecule has 2 aliphatic heterocycles. The average Bonchev–Trinajstić information content (AvgIpc) is 3.14. The molecule has 2 fully saturated rings. The van der Waals surface area contributed by atoms with Crippen LogP contribution in [0.4, 0.5) is 5.69 Å². The fourth-order valence-electron chi connectivity index (χ4n) is 3.19. The number of morpholine rings is 1. The van der Waals surface area contributed by atoms with Crippen LogP contribution in [0, 0.1) is 0 Å². The zero-order chi connectivity index (χ0) is 18.7. The average molecular weight is 419 g/mol. The van der Waals surface area contributed by atoms with Crippen molar-refractivity contribution in [2.75, 3.05) is 58.4 Å². The number of halogens is 1. The Morgan fingerprint density at radius 2 is 2.00 bits per heavy atom. The van der Waals surface area contributed by atoms with Gasteiger partial charge in [-0.05, 0) is 31.2 Å². The van der Waals surface area contributed by atoms with Gasteiger partial charge < -0.3 is 20.3 Å². The number of sulfonamides is 1. The van der Waals surface area contributed by atoms with Crippen LogP contribution in [0.5, 0.6) is 0 Å². The Morgan fingerprint density at radius 1 is 1.30 bits per heavy atom. The highest BCUT2D eigenvalue weighted by molar-refractivity contribution is 7.89. The second-order valence-corrected chi connectivity index (χ2v) is 8.88. The highest BCUT2D eigenvalue weighted by Crippen LogP contribution is 2.26. The summed E-state index contributed by atoms with van der Waals surface area (Å²) in [6, 6.07) is 4.84. The number of hydrogen-bond donors (Lipinski definition) is 2. The second kappa shape index (κ2) is 9.20. The van der Waals surface area contributed by atoms with Crippen molar-refractivity contribution in [1.82, 2.24) is 14.9 Å². The number of carbonyl (C=O) groups excluding carboxylic acids is 1. The lowest BCUT2D eigenvalue weighted by molar-refractivity contribution is 0.0938. The summed E-state index contributed by atoms with van der Waals surface area (Å²) in [5, 5.41) is 6.23. The Bertz CT molecular complexity index is 760. The van der Waals surface area contributed by atoms with Crippen LogP contribution in [0.1, 0.15) is 16.8 Å². The van der Waals surface area contributed by atoms with Gasteiger partial charge in [0.2, 0.25) is 10.0 Å². The molecule has 1 unspecified atom stereocenters. The molecule has 3 rings (SSSR count). The van der Waals surface area contributed by atoms with E-state index in [0.717, 1.165) is 29.5 Å². The van der Waals surface area contributed by atoms with Crippen LogP contribution in [0.15, 0.2) is 23.1 Å². The van der Waals surface area contributed by atoms with Crippen LogP contribution in [-0.2, 0) is 14.8 Å². The maximum Gasteiger partial charge on any atom is 0.253 e. The molecule has 2 saturated heterocycles. The number of nitrogens with zero attached hydrogens (tertiary/aromatic N) is 2. The number of amides is 1. The molecule has 1 aromatic carbocycles. The summed E-state index contributed by atoms with van der Waals surface area (Å²) in [5.41, 5.74) is 1.14. The van der Waals surface area contributed by atoms with Gasteiger partial charge in [0.25, 0.3) is 5.91 Å². The van der Waals surface area contributed by atoms with Gasteiger partial charge in [-0.2, -0.15) is 0 Å². The zero-order valence-corrected chi connectivity index (χ0v) is 17.2. The Labute approximate surface area is 166 Å². The first kappa shape index (κ1) is 21.9. The van der Waals surface area contributed by atoms with E-state index in [9.17, 15) is 13.2 Å². The maximum absolute atomic E-state index is 12.9. The number of anilines is 1. The topological polar surface area (TPSA) is 91.0 Å². The van der Waals surface area contributed by atoms with E-state index in [-0.39, 0.29) is 29.3 Å².